The number of anilines is 1. The van der Waals surface area contributed by atoms with E-state index in [1.807, 2.05) is 0 Å². The van der Waals surface area contributed by atoms with Crippen LogP contribution in [0.5, 0.6) is 11.5 Å². The van der Waals surface area contributed by atoms with Crippen molar-refractivity contribution >= 4 is 17.5 Å². The Morgan fingerprint density at radius 2 is 1.71 bits per heavy atom. The van der Waals surface area contributed by atoms with Gasteiger partial charge >= 0.3 is 0 Å². The normalized spacial score (nSPS) is 10.2. The molecule has 3 rings (SSSR count). The Labute approximate surface area is 161 Å². The zero-order valence-electron chi connectivity index (χ0n) is 15.4. The molecule has 28 heavy (non-hydrogen) atoms. The molecule has 0 unspecified atom stereocenters. The summed E-state index contributed by atoms with van der Waals surface area (Å²) in [5.74, 6) is 0.216. The first kappa shape index (κ1) is 18.9. The van der Waals surface area contributed by atoms with E-state index in [9.17, 15) is 9.59 Å². The maximum absolute atomic E-state index is 12.3. The van der Waals surface area contributed by atoms with Crippen LogP contribution in [0.25, 0.3) is 5.69 Å². The van der Waals surface area contributed by atoms with E-state index in [4.69, 9.17) is 9.47 Å². The maximum Gasteiger partial charge on any atom is 0.251 e. The molecule has 144 valence electrons. The summed E-state index contributed by atoms with van der Waals surface area (Å²) in [6.07, 6.45) is 3.02. The lowest BCUT2D eigenvalue weighted by molar-refractivity contribution is -0.115. The summed E-state index contributed by atoms with van der Waals surface area (Å²) in [7, 11) is 3.00. The summed E-state index contributed by atoms with van der Waals surface area (Å²) in [6.45, 7) is -0.177. The van der Waals surface area contributed by atoms with Crippen molar-refractivity contribution in [2.24, 2.45) is 0 Å². The highest BCUT2D eigenvalue weighted by Gasteiger charge is 2.11. The van der Waals surface area contributed by atoms with Gasteiger partial charge in [-0.05, 0) is 36.4 Å². The second-order valence-electron chi connectivity index (χ2n) is 5.72. The first-order chi connectivity index (χ1) is 13.6. The molecule has 3 aromatic rings. The van der Waals surface area contributed by atoms with Crippen molar-refractivity contribution in [3.05, 3.63) is 60.7 Å². The highest BCUT2D eigenvalue weighted by atomic mass is 16.5. The number of ether oxygens (including phenoxy) is 2. The SMILES string of the molecule is COc1cc(OC)cc(C(=O)NCC(=O)Nc2ccc(-n3cncn3)cc2)c1. The van der Waals surface area contributed by atoms with Gasteiger partial charge in [-0.25, -0.2) is 9.67 Å². The van der Waals surface area contributed by atoms with Gasteiger partial charge in [-0.3, -0.25) is 9.59 Å². The fourth-order valence-electron chi connectivity index (χ4n) is 2.45. The number of hydrogen-bond donors (Lipinski definition) is 2. The molecular formula is C19H19N5O4. The van der Waals surface area contributed by atoms with Gasteiger partial charge in [0.1, 0.15) is 24.2 Å². The Morgan fingerprint density at radius 3 is 2.29 bits per heavy atom. The van der Waals surface area contributed by atoms with Gasteiger partial charge in [-0.15, -0.1) is 0 Å². The Bertz CT molecular complexity index is 933. The smallest absolute Gasteiger partial charge is 0.251 e. The van der Waals surface area contributed by atoms with Crippen LogP contribution in [0.4, 0.5) is 5.69 Å². The van der Waals surface area contributed by atoms with Gasteiger partial charge in [0.2, 0.25) is 5.91 Å². The molecule has 0 spiro atoms. The van der Waals surface area contributed by atoms with E-state index in [2.05, 4.69) is 20.7 Å². The fraction of sp³-hybridized carbons (Fsp3) is 0.158. The first-order valence-electron chi connectivity index (χ1n) is 8.35. The summed E-state index contributed by atoms with van der Waals surface area (Å²) < 4.78 is 11.9. The minimum Gasteiger partial charge on any atom is -0.497 e. The summed E-state index contributed by atoms with van der Waals surface area (Å²) >= 11 is 0. The zero-order valence-corrected chi connectivity index (χ0v) is 15.4. The molecule has 0 atom stereocenters. The Morgan fingerprint density at radius 1 is 1.04 bits per heavy atom. The number of hydrogen-bond acceptors (Lipinski definition) is 6. The molecule has 2 N–H and O–H groups in total. The van der Waals surface area contributed by atoms with Crippen LogP contribution in [0.2, 0.25) is 0 Å². The quantitative estimate of drug-likeness (QED) is 0.644. The Hall–Kier alpha value is -3.88. The van der Waals surface area contributed by atoms with Gasteiger partial charge in [0.25, 0.3) is 5.91 Å². The number of aromatic nitrogens is 3. The average molecular weight is 381 g/mol. The van der Waals surface area contributed by atoms with Crippen LogP contribution in [0.3, 0.4) is 0 Å². The maximum atomic E-state index is 12.3. The van der Waals surface area contributed by atoms with Crippen molar-refractivity contribution in [2.45, 2.75) is 0 Å². The number of benzene rings is 2. The minimum absolute atomic E-state index is 0.177. The second-order valence-corrected chi connectivity index (χ2v) is 5.72. The van der Waals surface area contributed by atoms with Crippen LogP contribution in [0.1, 0.15) is 10.4 Å². The van der Waals surface area contributed by atoms with E-state index in [1.165, 1.54) is 20.5 Å². The van der Waals surface area contributed by atoms with Crippen LogP contribution < -0.4 is 20.1 Å². The third kappa shape index (κ3) is 4.64. The monoisotopic (exact) mass is 381 g/mol. The average Bonchev–Trinajstić information content (AvgIpc) is 3.27. The number of nitrogens with one attached hydrogen (secondary N) is 2. The number of nitrogens with zero attached hydrogens (tertiary/aromatic N) is 3. The van der Waals surface area contributed by atoms with Crippen molar-refractivity contribution < 1.29 is 19.1 Å². The summed E-state index contributed by atoms with van der Waals surface area (Å²) in [4.78, 5) is 28.3. The molecule has 9 nitrogen and oxygen atoms in total. The Kier molecular flexibility index (Phi) is 5.85. The molecule has 2 amide bonds. The zero-order chi connectivity index (χ0) is 19.9. The predicted octanol–water partition coefficient (Wildman–Crippen LogP) is 1.65. The largest absolute Gasteiger partial charge is 0.497 e. The molecule has 1 aromatic heterocycles. The van der Waals surface area contributed by atoms with E-state index in [0.717, 1.165) is 5.69 Å². The summed E-state index contributed by atoms with van der Waals surface area (Å²) in [5.41, 5.74) is 1.75. The molecule has 0 fully saturated rings. The van der Waals surface area contributed by atoms with Gasteiger partial charge in [0.15, 0.2) is 0 Å². The number of carbonyl (C=O) groups excluding carboxylic acids is 2. The van der Waals surface area contributed by atoms with Gasteiger partial charge in [0, 0.05) is 17.3 Å². The van der Waals surface area contributed by atoms with Crippen molar-refractivity contribution in [3.8, 4) is 17.2 Å². The molecule has 0 saturated carbocycles. The lowest BCUT2D eigenvalue weighted by Crippen LogP contribution is -2.32. The van der Waals surface area contributed by atoms with Crippen LogP contribution in [-0.2, 0) is 4.79 Å². The highest BCUT2D eigenvalue weighted by Crippen LogP contribution is 2.22. The van der Waals surface area contributed by atoms with E-state index in [-0.39, 0.29) is 12.5 Å². The van der Waals surface area contributed by atoms with E-state index < -0.39 is 5.91 Å². The summed E-state index contributed by atoms with van der Waals surface area (Å²) in [6, 6.07) is 11.9. The standard InChI is InChI=1S/C19H19N5O4/c1-27-16-7-13(8-17(9-16)28-2)19(26)21-10-18(25)23-14-3-5-15(6-4-14)24-12-20-11-22-24/h3-9,11-12H,10H2,1-2H3,(H,21,26)(H,23,25). The van der Waals surface area contributed by atoms with Crippen molar-refractivity contribution in [3.63, 3.8) is 0 Å². The lowest BCUT2D eigenvalue weighted by atomic mass is 10.2. The van der Waals surface area contributed by atoms with Crippen LogP contribution in [0.15, 0.2) is 55.1 Å². The number of carbonyl (C=O) groups is 2. The molecule has 0 aliphatic carbocycles. The summed E-state index contributed by atoms with van der Waals surface area (Å²) in [5, 5.41) is 9.32. The molecule has 0 radical (unpaired) electrons. The van der Waals surface area contributed by atoms with Gasteiger partial charge in [-0.1, -0.05) is 0 Å². The molecular weight excluding hydrogens is 362 g/mol. The van der Waals surface area contributed by atoms with Crippen LogP contribution in [-0.4, -0.2) is 47.3 Å². The van der Waals surface area contributed by atoms with Crippen molar-refractivity contribution in [2.75, 3.05) is 26.1 Å². The number of amides is 2. The third-order valence-corrected chi connectivity index (χ3v) is 3.86. The topological polar surface area (TPSA) is 107 Å². The minimum atomic E-state index is -0.408. The van der Waals surface area contributed by atoms with Crippen molar-refractivity contribution in [1.82, 2.24) is 20.1 Å². The van der Waals surface area contributed by atoms with Gasteiger partial charge in [0.05, 0.1) is 26.5 Å². The molecule has 0 saturated heterocycles. The highest BCUT2D eigenvalue weighted by molar-refractivity contribution is 5.99. The van der Waals surface area contributed by atoms with Crippen molar-refractivity contribution in [1.29, 1.82) is 0 Å². The predicted molar refractivity (Wildman–Crippen MR) is 102 cm³/mol. The van der Waals surface area contributed by atoms with E-state index in [1.54, 1.807) is 53.5 Å². The van der Waals surface area contributed by atoms with E-state index in [0.29, 0.717) is 22.7 Å². The van der Waals surface area contributed by atoms with Gasteiger partial charge in [-0.2, -0.15) is 5.10 Å². The van der Waals surface area contributed by atoms with Gasteiger partial charge < -0.3 is 20.1 Å². The van der Waals surface area contributed by atoms with E-state index >= 15 is 0 Å². The number of rotatable bonds is 7. The Balaban J connectivity index is 1.56. The first-order valence-corrected chi connectivity index (χ1v) is 8.35. The lowest BCUT2D eigenvalue weighted by Gasteiger charge is -2.10. The number of methoxy groups -OCH3 is 2. The molecule has 0 bridgehead atoms. The molecule has 9 heteroatoms. The third-order valence-electron chi connectivity index (χ3n) is 3.86. The molecule has 0 aliphatic heterocycles. The fourth-order valence-corrected chi connectivity index (χ4v) is 2.45. The molecule has 2 aromatic carbocycles. The second kappa shape index (κ2) is 8.67. The molecule has 1 heterocycles. The molecule has 0 aliphatic rings. The van der Waals surface area contributed by atoms with Crippen LogP contribution in [0, 0.1) is 0 Å². The van der Waals surface area contributed by atoms with Crippen LogP contribution >= 0.6 is 0 Å².